The third kappa shape index (κ3) is 9.53. The Hall–Kier alpha value is -2.70. The van der Waals surface area contributed by atoms with Crippen LogP contribution in [0.1, 0.15) is 54.3 Å². The van der Waals surface area contributed by atoms with E-state index in [1.54, 1.807) is 67.6 Å². The van der Waals surface area contributed by atoms with Gasteiger partial charge in [0, 0.05) is 0 Å². The summed E-state index contributed by atoms with van der Waals surface area (Å²) in [7, 11) is 0. The van der Waals surface area contributed by atoms with Crippen molar-refractivity contribution < 1.29 is 30.0 Å². The second-order valence-corrected chi connectivity index (χ2v) is 5.83. The zero-order valence-corrected chi connectivity index (χ0v) is 15.9. The van der Waals surface area contributed by atoms with Gasteiger partial charge < -0.3 is 20.4 Å². The first-order valence-electron chi connectivity index (χ1n) is 8.65. The van der Waals surface area contributed by atoms with E-state index < -0.39 is 23.6 Å². The molecular weight excluding hydrogens is 348 g/mol. The molecule has 2 aromatic carbocycles. The molecular formula is C21H28O6. The largest absolute Gasteiger partial charge is 0.478 e. The van der Waals surface area contributed by atoms with Crippen molar-refractivity contribution >= 4 is 11.9 Å². The Labute approximate surface area is 159 Å². The molecule has 1 atom stereocenters. The van der Waals surface area contributed by atoms with Gasteiger partial charge in [0.2, 0.25) is 0 Å². The Morgan fingerprint density at radius 1 is 0.815 bits per heavy atom. The monoisotopic (exact) mass is 376 g/mol. The van der Waals surface area contributed by atoms with E-state index in [0.29, 0.717) is 24.0 Å². The fraction of sp³-hybridized carbons (Fsp3) is 0.333. The lowest BCUT2D eigenvalue weighted by molar-refractivity contribution is -0.0707. The van der Waals surface area contributed by atoms with E-state index in [1.165, 1.54) is 0 Å². The summed E-state index contributed by atoms with van der Waals surface area (Å²) in [5, 5.41) is 35.2. The molecule has 4 N–H and O–H groups in total. The first-order valence-corrected chi connectivity index (χ1v) is 8.65. The molecule has 27 heavy (non-hydrogen) atoms. The van der Waals surface area contributed by atoms with Crippen molar-refractivity contribution in [2.45, 2.75) is 45.3 Å². The van der Waals surface area contributed by atoms with Crippen LogP contribution in [0.25, 0.3) is 0 Å². The van der Waals surface area contributed by atoms with Crippen LogP contribution in [0, 0.1) is 0 Å². The number of aliphatic hydroxyl groups is 2. The lowest BCUT2D eigenvalue weighted by Gasteiger charge is -2.27. The fourth-order valence-corrected chi connectivity index (χ4v) is 2.00. The van der Waals surface area contributed by atoms with Gasteiger partial charge >= 0.3 is 11.9 Å². The lowest BCUT2D eigenvalue weighted by atomic mass is 9.92. The van der Waals surface area contributed by atoms with Crippen molar-refractivity contribution in [1.29, 1.82) is 0 Å². The highest BCUT2D eigenvalue weighted by molar-refractivity contribution is 5.87. The number of hydrogen-bond donors (Lipinski definition) is 4. The van der Waals surface area contributed by atoms with Gasteiger partial charge in [-0.25, -0.2) is 9.59 Å². The van der Waals surface area contributed by atoms with Crippen molar-refractivity contribution in [3.63, 3.8) is 0 Å². The first-order chi connectivity index (χ1) is 12.7. The van der Waals surface area contributed by atoms with E-state index in [2.05, 4.69) is 0 Å². The number of aromatic carboxylic acids is 2. The summed E-state index contributed by atoms with van der Waals surface area (Å²) in [5.74, 6) is -1.76. The van der Waals surface area contributed by atoms with Gasteiger partial charge in [-0.2, -0.15) is 0 Å². The summed E-state index contributed by atoms with van der Waals surface area (Å²) in [6, 6.07) is 16.6. The molecule has 0 fully saturated rings. The van der Waals surface area contributed by atoms with Gasteiger partial charge in [-0.05, 0) is 44.0 Å². The van der Waals surface area contributed by atoms with Gasteiger partial charge in [0.1, 0.15) is 0 Å². The minimum Gasteiger partial charge on any atom is -0.478 e. The van der Waals surface area contributed by atoms with E-state index in [1.807, 2.05) is 13.8 Å². The van der Waals surface area contributed by atoms with Crippen LogP contribution < -0.4 is 0 Å². The van der Waals surface area contributed by atoms with E-state index in [9.17, 15) is 14.7 Å². The number of carboxylic acid groups (broad SMARTS) is 2. The number of carboxylic acids is 2. The third-order valence-electron chi connectivity index (χ3n) is 4.04. The zero-order valence-electron chi connectivity index (χ0n) is 15.9. The van der Waals surface area contributed by atoms with E-state index in [0.717, 1.165) is 0 Å². The summed E-state index contributed by atoms with van der Waals surface area (Å²) < 4.78 is 0. The maximum Gasteiger partial charge on any atom is 0.335 e. The van der Waals surface area contributed by atoms with Crippen molar-refractivity contribution in [3.05, 3.63) is 71.8 Å². The molecule has 2 rings (SSSR count). The van der Waals surface area contributed by atoms with Crippen LogP contribution in [0.2, 0.25) is 0 Å². The highest BCUT2D eigenvalue weighted by Crippen LogP contribution is 2.18. The summed E-state index contributed by atoms with van der Waals surface area (Å²) >= 11 is 0. The molecule has 0 radical (unpaired) electrons. The second-order valence-electron chi connectivity index (χ2n) is 5.83. The van der Waals surface area contributed by atoms with Crippen LogP contribution in [-0.4, -0.2) is 44.1 Å². The second kappa shape index (κ2) is 12.6. The van der Waals surface area contributed by atoms with Crippen LogP contribution in [0.15, 0.2) is 60.7 Å². The Balaban J connectivity index is 0.000000376. The summed E-state index contributed by atoms with van der Waals surface area (Å²) in [6.45, 7) is 5.36. The predicted molar refractivity (Wildman–Crippen MR) is 104 cm³/mol. The smallest absolute Gasteiger partial charge is 0.335 e. The molecule has 0 amide bonds. The molecule has 0 aliphatic carbocycles. The van der Waals surface area contributed by atoms with Crippen LogP contribution in [0.4, 0.5) is 0 Å². The van der Waals surface area contributed by atoms with Crippen molar-refractivity contribution in [1.82, 2.24) is 0 Å². The number of hydrogen-bond acceptors (Lipinski definition) is 4. The molecule has 0 aliphatic heterocycles. The van der Waals surface area contributed by atoms with Gasteiger partial charge in [0.25, 0.3) is 0 Å². The lowest BCUT2D eigenvalue weighted by Crippen LogP contribution is -2.38. The van der Waals surface area contributed by atoms with Gasteiger partial charge in [-0.3, -0.25) is 0 Å². The Morgan fingerprint density at radius 3 is 1.22 bits per heavy atom. The minimum absolute atomic E-state index is 0.331. The molecule has 0 heterocycles. The normalized spacial score (nSPS) is 11.1. The first kappa shape index (κ1) is 24.3. The van der Waals surface area contributed by atoms with Crippen LogP contribution in [-0.2, 0) is 0 Å². The van der Waals surface area contributed by atoms with E-state index in [4.69, 9.17) is 15.3 Å². The van der Waals surface area contributed by atoms with Gasteiger partial charge in [-0.15, -0.1) is 0 Å². The number of carbonyl (C=O) groups is 2. The average Bonchev–Trinajstić information content (AvgIpc) is 2.69. The number of benzene rings is 2. The molecule has 0 saturated carbocycles. The van der Waals surface area contributed by atoms with Crippen LogP contribution >= 0.6 is 0 Å². The average molecular weight is 376 g/mol. The molecule has 0 bridgehead atoms. The SMILES string of the molecule is CCC(O)(CC)C(C)O.O=C(O)c1ccccc1.O=C(O)c1ccccc1. The Bertz CT molecular complexity index is 614. The number of rotatable bonds is 5. The summed E-state index contributed by atoms with van der Waals surface area (Å²) in [4.78, 5) is 20.4. The van der Waals surface area contributed by atoms with E-state index in [-0.39, 0.29) is 0 Å². The molecule has 0 aromatic heterocycles. The fourth-order valence-electron chi connectivity index (χ4n) is 2.00. The van der Waals surface area contributed by atoms with Crippen LogP contribution in [0.5, 0.6) is 0 Å². The highest BCUT2D eigenvalue weighted by Gasteiger charge is 2.27. The summed E-state index contributed by atoms with van der Waals surface area (Å²) in [5.41, 5.74) is -0.199. The molecule has 6 nitrogen and oxygen atoms in total. The molecule has 0 spiro atoms. The van der Waals surface area contributed by atoms with Gasteiger partial charge in [-0.1, -0.05) is 50.2 Å². The predicted octanol–water partition coefficient (Wildman–Crippen LogP) is 3.69. The van der Waals surface area contributed by atoms with Crippen molar-refractivity contribution in [2.75, 3.05) is 0 Å². The molecule has 2 aromatic rings. The third-order valence-corrected chi connectivity index (χ3v) is 4.04. The zero-order chi connectivity index (χ0) is 20.9. The van der Waals surface area contributed by atoms with Crippen LogP contribution in [0.3, 0.4) is 0 Å². The van der Waals surface area contributed by atoms with Gasteiger partial charge in [0.05, 0.1) is 22.8 Å². The maximum absolute atomic E-state index is 10.2. The van der Waals surface area contributed by atoms with E-state index >= 15 is 0 Å². The summed E-state index contributed by atoms with van der Waals surface area (Å²) in [6.07, 6.45) is 0.606. The molecule has 0 aliphatic rings. The molecule has 148 valence electrons. The number of aliphatic hydroxyl groups excluding tert-OH is 1. The van der Waals surface area contributed by atoms with Crippen molar-refractivity contribution in [2.24, 2.45) is 0 Å². The highest BCUT2D eigenvalue weighted by atomic mass is 16.4. The van der Waals surface area contributed by atoms with Gasteiger partial charge in [0.15, 0.2) is 0 Å². The molecule has 0 saturated heterocycles. The molecule has 6 heteroatoms. The van der Waals surface area contributed by atoms with Crippen molar-refractivity contribution in [3.8, 4) is 0 Å². The molecule has 1 unspecified atom stereocenters. The Kier molecular flexibility index (Phi) is 11.4. The maximum atomic E-state index is 10.2. The standard InChI is InChI=1S/2C7H6O2.C7H16O2/c2*8-7(9)6-4-2-1-3-5-6;1-4-7(9,5-2)6(3)8/h2*1-5H,(H,8,9);6,8-9H,4-5H2,1-3H3. The Morgan fingerprint density at radius 2 is 1.11 bits per heavy atom. The topological polar surface area (TPSA) is 115 Å². The minimum atomic E-state index is -0.879. The quantitative estimate of drug-likeness (QED) is 0.633.